The van der Waals surface area contributed by atoms with Crippen LogP contribution in [0, 0.1) is 19.7 Å². The maximum absolute atomic E-state index is 15.5. The molecule has 1 N–H and O–H groups in total. The number of anilines is 1. The van der Waals surface area contributed by atoms with Gasteiger partial charge in [0.1, 0.15) is 16.8 Å². The molecule has 8 nitrogen and oxygen atoms in total. The number of rotatable bonds is 9. The predicted molar refractivity (Wildman–Crippen MR) is 181 cm³/mol. The molecule has 5 aromatic rings. The van der Waals surface area contributed by atoms with Crippen molar-refractivity contribution in [3.05, 3.63) is 135 Å². The summed E-state index contributed by atoms with van der Waals surface area (Å²) in [6, 6.07) is 27.1. The minimum absolute atomic E-state index is 0.0587. The summed E-state index contributed by atoms with van der Waals surface area (Å²) in [6.45, 7) is 5.78. The minimum Gasteiger partial charge on any atom is -0.391 e. The average molecular weight is 679 g/mol. The van der Waals surface area contributed by atoms with Crippen LogP contribution >= 0.6 is 19.5 Å². The van der Waals surface area contributed by atoms with Gasteiger partial charge in [-0.1, -0.05) is 85.3 Å². The maximum atomic E-state index is 15.5. The maximum Gasteiger partial charge on any atom is 0.434 e. The van der Waals surface area contributed by atoms with Gasteiger partial charge in [-0.2, -0.15) is 4.31 Å². The molecule has 1 aromatic heterocycles. The first-order valence-corrected chi connectivity index (χ1v) is 18.2. The van der Waals surface area contributed by atoms with Gasteiger partial charge >= 0.3 is 5.76 Å². The molecule has 0 spiro atoms. The molecule has 0 radical (unpaired) electrons. The molecule has 0 bridgehead atoms. The summed E-state index contributed by atoms with van der Waals surface area (Å²) in [5.41, 5.74) is 2.34. The Balaban J connectivity index is 1.45. The molecule has 0 saturated carbocycles. The molecule has 46 heavy (non-hydrogen) atoms. The van der Waals surface area contributed by atoms with Gasteiger partial charge in [-0.05, 0) is 79.5 Å². The number of benzene rings is 4. The summed E-state index contributed by atoms with van der Waals surface area (Å²) in [4.78, 5) is 14.2. The molecule has 4 aromatic carbocycles. The molecule has 12 heteroatoms. The normalized spacial score (nSPS) is 15.9. The van der Waals surface area contributed by atoms with E-state index < -0.39 is 41.5 Å². The van der Waals surface area contributed by atoms with Crippen molar-refractivity contribution in [2.45, 2.75) is 37.6 Å². The number of aryl methyl sites for hydroxylation is 1. The zero-order valence-corrected chi connectivity index (χ0v) is 28.0. The van der Waals surface area contributed by atoms with Crippen LogP contribution in [0.5, 0.6) is 0 Å². The highest BCUT2D eigenvalue weighted by atomic mass is 35.5. The molecule has 238 valence electrons. The van der Waals surface area contributed by atoms with E-state index in [9.17, 15) is 13.2 Å². The summed E-state index contributed by atoms with van der Waals surface area (Å²) in [7, 11) is -5.00. The number of hydrogen-bond acceptors (Lipinski definition) is 6. The molecule has 2 heterocycles. The number of halogens is 2. The SMILES string of the molecule is Cc1ccc(F)c([C@@H](C)[C@@H](c2n[nH]c(=O)o2)N2CN(CCP(c3ccccc3)c3ccccc3)c3cc(Cl)ccc3S2(=O)=O)c1C. The van der Waals surface area contributed by atoms with Gasteiger partial charge < -0.3 is 9.32 Å². The van der Waals surface area contributed by atoms with Gasteiger partial charge in [0.15, 0.2) is 0 Å². The highest BCUT2D eigenvalue weighted by Gasteiger charge is 2.45. The van der Waals surface area contributed by atoms with E-state index >= 15 is 4.39 Å². The molecule has 6 rings (SSSR count). The fraction of sp³-hybridized carbons (Fsp3) is 0.235. The minimum atomic E-state index is -4.20. The quantitative estimate of drug-likeness (QED) is 0.186. The lowest BCUT2D eigenvalue weighted by Crippen LogP contribution is -2.50. The summed E-state index contributed by atoms with van der Waals surface area (Å²) >= 11 is 6.43. The van der Waals surface area contributed by atoms with E-state index in [1.54, 1.807) is 26.0 Å². The van der Waals surface area contributed by atoms with Crippen molar-refractivity contribution in [1.82, 2.24) is 14.5 Å². The fourth-order valence-corrected chi connectivity index (χ4v) is 10.4. The van der Waals surface area contributed by atoms with Crippen LogP contribution in [0.2, 0.25) is 5.02 Å². The van der Waals surface area contributed by atoms with Crippen LogP contribution in [0.15, 0.2) is 105 Å². The van der Waals surface area contributed by atoms with E-state index in [4.69, 9.17) is 16.0 Å². The lowest BCUT2D eigenvalue weighted by molar-refractivity contribution is 0.235. The molecule has 0 saturated heterocycles. The Labute approximate surface area is 273 Å². The first kappa shape index (κ1) is 32.1. The Bertz CT molecular complexity index is 1980. The molecular weight excluding hydrogens is 646 g/mol. The highest BCUT2D eigenvalue weighted by Crippen LogP contribution is 2.45. The third-order valence-electron chi connectivity index (χ3n) is 8.57. The van der Waals surface area contributed by atoms with E-state index in [1.165, 1.54) is 33.1 Å². The van der Waals surface area contributed by atoms with Crippen molar-refractivity contribution in [2.24, 2.45) is 0 Å². The zero-order valence-electron chi connectivity index (χ0n) is 25.5. The molecule has 2 atom stereocenters. The van der Waals surface area contributed by atoms with Gasteiger partial charge in [-0.15, -0.1) is 5.10 Å². The molecule has 0 aliphatic carbocycles. The van der Waals surface area contributed by atoms with Crippen LogP contribution in [0.25, 0.3) is 0 Å². The van der Waals surface area contributed by atoms with Crippen molar-refractivity contribution in [2.75, 3.05) is 24.3 Å². The van der Waals surface area contributed by atoms with Crippen LogP contribution in [0.1, 0.15) is 41.5 Å². The van der Waals surface area contributed by atoms with Crippen LogP contribution < -0.4 is 21.3 Å². The van der Waals surface area contributed by atoms with Crippen molar-refractivity contribution in [3.63, 3.8) is 0 Å². The van der Waals surface area contributed by atoms with E-state index in [1.807, 2.05) is 48.2 Å². The molecule has 1 aliphatic heterocycles. The van der Waals surface area contributed by atoms with Gasteiger partial charge in [0, 0.05) is 17.5 Å². The fourth-order valence-electron chi connectivity index (χ4n) is 6.15. The lowest BCUT2D eigenvalue weighted by atomic mass is 9.87. The van der Waals surface area contributed by atoms with Crippen molar-refractivity contribution in [3.8, 4) is 0 Å². The molecule has 1 aliphatic rings. The number of aromatic nitrogens is 2. The summed E-state index contributed by atoms with van der Waals surface area (Å²) in [6.07, 6.45) is 0.715. The van der Waals surface area contributed by atoms with Crippen molar-refractivity contribution in [1.29, 1.82) is 0 Å². The number of hydrogen-bond donors (Lipinski definition) is 1. The van der Waals surface area contributed by atoms with E-state index in [0.29, 0.717) is 34.5 Å². The standard InChI is InChI=1S/C34H33ClFN4O4PS/c1-22-14-16-28(36)31(23(22)2)24(3)32(33-37-38-34(41)44-33)40-21-39(29-20-25(35)15-17-30(29)46(40,42)43)18-19-45(26-10-6-4-7-11-26)27-12-8-5-9-13-27/h4-17,20,24,32H,18-19,21H2,1-3H3,(H,38,41)/t24-,32+/m1/s1. The number of fused-ring (bicyclic) bond motifs is 1. The Morgan fingerprint density at radius 2 is 1.65 bits per heavy atom. The van der Waals surface area contributed by atoms with Gasteiger partial charge in [0.25, 0.3) is 0 Å². The van der Waals surface area contributed by atoms with Crippen molar-refractivity contribution < 1.29 is 17.2 Å². The highest BCUT2D eigenvalue weighted by molar-refractivity contribution is 7.89. The van der Waals surface area contributed by atoms with Crippen molar-refractivity contribution >= 4 is 45.8 Å². The number of aromatic amines is 1. The lowest BCUT2D eigenvalue weighted by Gasteiger charge is -2.42. The Kier molecular flexibility index (Phi) is 9.17. The second kappa shape index (κ2) is 13.1. The average Bonchev–Trinajstić information content (AvgIpc) is 3.47. The first-order chi connectivity index (χ1) is 22.1. The summed E-state index contributed by atoms with van der Waals surface area (Å²) in [5.74, 6) is -2.23. The Morgan fingerprint density at radius 1 is 1.00 bits per heavy atom. The number of H-pyrrole nitrogens is 1. The molecule has 0 unspecified atom stereocenters. The molecular formula is C34H33ClFN4O4PS. The first-order valence-electron chi connectivity index (χ1n) is 14.8. The third-order valence-corrected chi connectivity index (χ3v) is 13.2. The molecule has 0 amide bonds. The zero-order chi connectivity index (χ0) is 32.6. The monoisotopic (exact) mass is 678 g/mol. The largest absolute Gasteiger partial charge is 0.434 e. The molecule has 0 fully saturated rings. The van der Waals surface area contributed by atoms with E-state index in [-0.39, 0.29) is 17.5 Å². The second-order valence-corrected chi connectivity index (χ2v) is 16.0. The number of nitrogens with one attached hydrogen (secondary N) is 1. The van der Waals surface area contributed by atoms with E-state index in [2.05, 4.69) is 34.5 Å². The topological polar surface area (TPSA) is 99.5 Å². The summed E-state index contributed by atoms with van der Waals surface area (Å²) in [5, 5.41) is 9.13. The van der Waals surface area contributed by atoms with Crippen LogP contribution in [-0.4, -0.2) is 42.3 Å². The van der Waals surface area contributed by atoms with Crippen LogP contribution in [0.3, 0.4) is 0 Å². The smallest absolute Gasteiger partial charge is 0.391 e. The second-order valence-electron chi connectivity index (χ2n) is 11.3. The third kappa shape index (κ3) is 6.15. The van der Waals surface area contributed by atoms with E-state index in [0.717, 1.165) is 5.56 Å². The van der Waals surface area contributed by atoms with Crippen LogP contribution in [-0.2, 0) is 10.0 Å². The van der Waals surface area contributed by atoms with Gasteiger partial charge in [-0.3, -0.25) is 0 Å². The summed E-state index contributed by atoms with van der Waals surface area (Å²) < 4.78 is 51.1. The number of sulfonamides is 1. The van der Waals surface area contributed by atoms with Crippen LogP contribution in [0.4, 0.5) is 10.1 Å². The van der Waals surface area contributed by atoms with Gasteiger partial charge in [0.05, 0.1) is 12.4 Å². The Morgan fingerprint density at radius 3 is 2.26 bits per heavy atom. The number of nitrogens with zero attached hydrogens (tertiary/aromatic N) is 3. The van der Waals surface area contributed by atoms with Gasteiger partial charge in [-0.25, -0.2) is 22.7 Å². The van der Waals surface area contributed by atoms with Gasteiger partial charge in [0.2, 0.25) is 15.9 Å². The predicted octanol–water partition coefficient (Wildman–Crippen LogP) is 6.22. The Hall–Kier alpha value is -3.82.